The molecule has 0 N–H and O–H groups in total. The van der Waals surface area contributed by atoms with Gasteiger partial charge in [-0.1, -0.05) is 0 Å². The summed E-state index contributed by atoms with van der Waals surface area (Å²) >= 11 is 0. The third-order valence-electron chi connectivity index (χ3n) is 1.28. The molecular formula is C7H7N3O2S. The maximum atomic E-state index is 11.0. The largest absolute Gasteiger partial charge is 0.247 e. The molecule has 68 valence electrons. The Bertz CT molecular complexity index is 447. The standard InChI is InChI=1S/C7H7N3O2S/c1-13(11,12)7-9-5-3-6(10-7)2-4-8/h3,5H,2H2,1H3. The Labute approximate surface area is 76.0 Å². The molecule has 1 rings (SSSR count). The molecular weight excluding hydrogens is 190 g/mol. The second kappa shape index (κ2) is 3.49. The molecule has 0 saturated heterocycles. The van der Waals surface area contributed by atoms with E-state index in [0.717, 1.165) is 6.26 Å². The summed E-state index contributed by atoms with van der Waals surface area (Å²) in [5.74, 6) is 0. The Hall–Kier alpha value is -1.48. The van der Waals surface area contributed by atoms with Crippen LogP contribution >= 0.6 is 0 Å². The first kappa shape index (κ1) is 9.61. The number of aromatic nitrogens is 2. The van der Waals surface area contributed by atoms with Crippen LogP contribution in [0.1, 0.15) is 5.69 Å². The molecule has 0 radical (unpaired) electrons. The van der Waals surface area contributed by atoms with E-state index in [1.807, 2.05) is 6.07 Å². The first-order chi connectivity index (χ1) is 6.04. The lowest BCUT2D eigenvalue weighted by atomic mass is 10.3. The second-order valence-corrected chi connectivity index (χ2v) is 4.35. The Balaban J connectivity index is 3.15. The van der Waals surface area contributed by atoms with Crippen LogP contribution in [0.25, 0.3) is 0 Å². The summed E-state index contributed by atoms with van der Waals surface area (Å²) in [6, 6.07) is 3.39. The Morgan fingerprint density at radius 3 is 2.85 bits per heavy atom. The van der Waals surface area contributed by atoms with Crippen LogP contribution in [0.15, 0.2) is 17.4 Å². The monoisotopic (exact) mass is 197 g/mol. The fourth-order valence-electron chi connectivity index (χ4n) is 0.734. The van der Waals surface area contributed by atoms with Crippen molar-refractivity contribution < 1.29 is 8.42 Å². The molecule has 0 spiro atoms. The molecule has 0 aromatic carbocycles. The molecule has 0 fully saturated rings. The average molecular weight is 197 g/mol. The third kappa shape index (κ3) is 2.49. The van der Waals surface area contributed by atoms with Crippen molar-refractivity contribution in [2.75, 3.05) is 6.26 Å². The van der Waals surface area contributed by atoms with Crippen LogP contribution in [0.3, 0.4) is 0 Å². The van der Waals surface area contributed by atoms with Gasteiger partial charge in [0.05, 0.1) is 18.2 Å². The van der Waals surface area contributed by atoms with Crippen LogP contribution in [0.2, 0.25) is 0 Å². The van der Waals surface area contributed by atoms with Crippen molar-refractivity contribution in [3.05, 3.63) is 18.0 Å². The van der Waals surface area contributed by atoms with Crippen LogP contribution in [0, 0.1) is 11.3 Å². The normalized spacial score (nSPS) is 10.8. The molecule has 0 saturated carbocycles. The van der Waals surface area contributed by atoms with Crippen LogP contribution in [-0.2, 0) is 16.3 Å². The van der Waals surface area contributed by atoms with Crippen LogP contribution in [-0.4, -0.2) is 24.6 Å². The summed E-state index contributed by atoms with van der Waals surface area (Å²) in [5, 5.41) is 8.12. The molecule has 0 amide bonds. The van der Waals surface area contributed by atoms with Gasteiger partial charge in [0.25, 0.3) is 0 Å². The minimum Gasteiger partial charge on any atom is -0.227 e. The molecule has 0 aliphatic heterocycles. The number of sulfone groups is 1. The van der Waals surface area contributed by atoms with Gasteiger partial charge in [0.2, 0.25) is 15.0 Å². The molecule has 13 heavy (non-hydrogen) atoms. The molecule has 1 aromatic heterocycles. The van der Waals surface area contributed by atoms with Gasteiger partial charge in [0, 0.05) is 12.5 Å². The highest BCUT2D eigenvalue weighted by atomic mass is 32.2. The summed E-state index contributed by atoms with van der Waals surface area (Å²) in [5.41, 5.74) is 0.415. The molecule has 0 unspecified atom stereocenters. The van der Waals surface area contributed by atoms with Gasteiger partial charge in [0.15, 0.2) is 0 Å². The van der Waals surface area contributed by atoms with Gasteiger partial charge >= 0.3 is 0 Å². The summed E-state index contributed by atoms with van der Waals surface area (Å²) in [6.07, 6.45) is 2.44. The summed E-state index contributed by atoms with van der Waals surface area (Å²) in [4.78, 5) is 7.30. The van der Waals surface area contributed by atoms with E-state index in [1.165, 1.54) is 12.3 Å². The van der Waals surface area contributed by atoms with Gasteiger partial charge in [-0.15, -0.1) is 0 Å². The van der Waals surface area contributed by atoms with Gasteiger partial charge in [0.1, 0.15) is 0 Å². The van der Waals surface area contributed by atoms with Gasteiger partial charge in [-0.05, 0) is 6.07 Å². The maximum absolute atomic E-state index is 11.0. The molecule has 1 heterocycles. The van der Waals surface area contributed by atoms with E-state index in [0.29, 0.717) is 5.69 Å². The molecule has 6 heteroatoms. The van der Waals surface area contributed by atoms with Crippen LogP contribution < -0.4 is 0 Å². The fourth-order valence-corrected chi connectivity index (χ4v) is 1.27. The van der Waals surface area contributed by atoms with Crippen molar-refractivity contribution >= 4 is 9.84 Å². The maximum Gasteiger partial charge on any atom is 0.247 e. The average Bonchev–Trinajstić information content (AvgIpc) is 2.04. The zero-order valence-corrected chi connectivity index (χ0v) is 7.74. The number of nitrogens with zero attached hydrogens (tertiary/aromatic N) is 3. The van der Waals surface area contributed by atoms with Gasteiger partial charge in [-0.25, -0.2) is 18.4 Å². The number of hydrogen-bond acceptors (Lipinski definition) is 5. The SMILES string of the molecule is CS(=O)(=O)c1nccc(CC#N)n1. The Morgan fingerprint density at radius 1 is 1.62 bits per heavy atom. The Kier molecular flexibility index (Phi) is 2.58. The fraction of sp³-hybridized carbons (Fsp3) is 0.286. The molecule has 5 nitrogen and oxygen atoms in total. The van der Waals surface area contributed by atoms with Crippen LogP contribution in [0.4, 0.5) is 0 Å². The minimum atomic E-state index is -3.38. The van der Waals surface area contributed by atoms with Crippen LogP contribution in [0.5, 0.6) is 0 Å². The lowest BCUT2D eigenvalue weighted by molar-refractivity contribution is 0.592. The highest BCUT2D eigenvalue weighted by Gasteiger charge is 2.10. The third-order valence-corrected chi connectivity index (χ3v) is 2.14. The van der Waals surface area contributed by atoms with E-state index >= 15 is 0 Å². The van der Waals surface area contributed by atoms with Crippen molar-refractivity contribution in [2.24, 2.45) is 0 Å². The summed E-state index contributed by atoms with van der Waals surface area (Å²) < 4.78 is 22.0. The first-order valence-corrected chi connectivity index (χ1v) is 5.32. The van der Waals surface area contributed by atoms with E-state index in [-0.39, 0.29) is 11.6 Å². The highest BCUT2D eigenvalue weighted by molar-refractivity contribution is 7.90. The topological polar surface area (TPSA) is 83.7 Å². The first-order valence-electron chi connectivity index (χ1n) is 3.43. The Morgan fingerprint density at radius 2 is 2.31 bits per heavy atom. The van der Waals surface area contributed by atoms with E-state index in [4.69, 9.17) is 5.26 Å². The van der Waals surface area contributed by atoms with E-state index in [9.17, 15) is 8.42 Å². The van der Waals surface area contributed by atoms with Crippen molar-refractivity contribution in [2.45, 2.75) is 11.6 Å². The quantitative estimate of drug-likeness (QED) is 0.620. The number of rotatable bonds is 2. The smallest absolute Gasteiger partial charge is 0.227 e. The van der Waals surface area contributed by atoms with Crippen molar-refractivity contribution in [3.8, 4) is 6.07 Å². The van der Waals surface area contributed by atoms with E-state index < -0.39 is 9.84 Å². The predicted molar refractivity (Wildman–Crippen MR) is 44.5 cm³/mol. The van der Waals surface area contributed by atoms with Crippen molar-refractivity contribution in [3.63, 3.8) is 0 Å². The zero-order chi connectivity index (χ0) is 9.90. The molecule has 0 atom stereocenters. The molecule has 0 aliphatic rings. The predicted octanol–water partition coefficient (Wildman–Crippen LogP) is -0.0538. The molecule has 0 bridgehead atoms. The van der Waals surface area contributed by atoms with Crippen molar-refractivity contribution in [1.82, 2.24) is 9.97 Å². The lowest BCUT2D eigenvalue weighted by Gasteiger charge is -1.97. The van der Waals surface area contributed by atoms with E-state index in [2.05, 4.69) is 9.97 Å². The van der Waals surface area contributed by atoms with Gasteiger partial charge in [-0.3, -0.25) is 0 Å². The number of nitriles is 1. The lowest BCUT2D eigenvalue weighted by Crippen LogP contribution is -2.05. The summed E-state index contributed by atoms with van der Waals surface area (Å²) in [7, 11) is -3.38. The summed E-state index contributed by atoms with van der Waals surface area (Å²) in [6.45, 7) is 0. The van der Waals surface area contributed by atoms with E-state index in [1.54, 1.807) is 0 Å². The highest BCUT2D eigenvalue weighted by Crippen LogP contribution is 2.02. The second-order valence-electron chi connectivity index (χ2n) is 2.44. The van der Waals surface area contributed by atoms with Gasteiger partial charge in [-0.2, -0.15) is 5.26 Å². The van der Waals surface area contributed by atoms with Crippen molar-refractivity contribution in [1.29, 1.82) is 5.26 Å². The van der Waals surface area contributed by atoms with Gasteiger partial charge < -0.3 is 0 Å². The number of hydrogen-bond donors (Lipinski definition) is 0. The molecule has 0 aliphatic carbocycles. The zero-order valence-electron chi connectivity index (χ0n) is 6.93. The minimum absolute atomic E-state index is 0.0883. The molecule has 1 aromatic rings.